The minimum atomic E-state index is -0.296. The maximum absolute atomic E-state index is 12.7. The van der Waals surface area contributed by atoms with Crippen LogP contribution in [0.1, 0.15) is 18.1 Å². The lowest BCUT2D eigenvalue weighted by molar-refractivity contribution is -0.120. The molecular weight excluding hydrogens is 418 g/mol. The summed E-state index contributed by atoms with van der Waals surface area (Å²) < 4.78 is 2.06. The monoisotopic (exact) mass is 443 g/mol. The number of rotatable bonds is 9. The third-order valence-corrected chi connectivity index (χ3v) is 6.13. The summed E-state index contributed by atoms with van der Waals surface area (Å²) in [7, 11) is 0. The zero-order chi connectivity index (χ0) is 22.2. The summed E-state index contributed by atoms with van der Waals surface area (Å²) in [6, 6.07) is 24.2. The van der Waals surface area contributed by atoms with E-state index in [1.54, 1.807) is 12.4 Å². The standard InChI is InChI=1S/C25H25N5OS/c1-19(24(31)27-17-12-20-8-4-2-5-9-20)32-25-29-28-23(22-13-15-26-16-14-22)30(25)18-21-10-6-3-7-11-21/h2-11,13-16,19H,12,17-18H2,1H3,(H,27,31). The number of thioether (sulfide) groups is 1. The van der Waals surface area contributed by atoms with Crippen molar-refractivity contribution in [3.05, 3.63) is 96.3 Å². The summed E-state index contributed by atoms with van der Waals surface area (Å²) >= 11 is 1.42. The summed E-state index contributed by atoms with van der Waals surface area (Å²) in [6.07, 6.45) is 4.29. The minimum absolute atomic E-state index is 0.00865. The van der Waals surface area contributed by atoms with Gasteiger partial charge in [-0.25, -0.2) is 0 Å². The van der Waals surface area contributed by atoms with Crippen LogP contribution in [0.2, 0.25) is 0 Å². The van der Waals surface area contributed by atoms with Gasteiger partial charge in [-0.2, -0.15) is 0 Å². The number of nitrogens with zero attached hydrogens (tertiary/aromatic N) is 4. The molecule has 0 saturated heterocycles. The lowest BCUT2D eigenvalue weighted by atomic mass is 10.1. The molecule has 2 aromatic carbocycles. The Labute approximate surface area is 192 Å². The van der Waals surface area contributed by atoms with Gasteiger partial charge in [0.1, 0.15) is 0 Å². The van der Waals surface area contributed by atoms with Gasteiger partial charge in [0.2, 0.25) is 5.91 Å². The average molecular weight is 444 g/mol. The smallest absolute Gasteiger partial charge is 0.233 e. The highest BCUT2D eigenvalue weighted by Gasteiger charge is 2.21. The van der Waals surface area contributed by atoms with Gasteiger partial charge in [0.05, 0.1) is 11.8 Å². The number of carbonyl (C=O) groups is 1. The molecule has 0 spiro atoms. The molecule has 1 atom stereocenters. The van der Waals surface area contributed by atoms with Crippen molar-refractivity contribution in [1.29, 1.82) is 0 Å². The van der Waals surface area contributed by atoms with E-state index in [4.69, 9.17) is 0 Å². The van der Waals surface area contributed by atoms with Gasteiger partial charge in [-0.1, -0.05) is 72.4 Å². The van der Waals surface area contributed by atoms with Crippen LogP contribution in [-0.2, 0) is 17.8 Å². The molecular formula is C25H25N5OS. The molecule has 0 radical (unpaired) electrons. The summed E-state index contributed by atoms with van der Waals surface area (Å²) in [4.78, 5) is 16.8. The number of nitrogens with one attached hydrogen (secondary N) is 1. The first kappa shape index (κ1) is 21.8. The number of hydrogen-bond acceptors (Lipinski definition) is 5. The second-order valence-corrected chi connectivity index (χ2v) is 8.71. The van der Waals surface area contributed by atoms with Crippen molar-refractivity contribution >= 4 is 17.7 Å². The maximum Gasteiger partial charge on any atom is 0.233 e. The lowest BCUT2D eigenvalue weighted by Crippen LogP contribution is -2.32. The maximum atomic E-state index is 12.7. The van der Waals surface area contributed by atoms with Crippen LogP contribution >= 0.6 is 11.8 Å². The summed E-state index contributed by atoms with van der Waals surface area (Å²) in [6.45, 7) is 3.12. The van der Waals surface area contributed by atoms with Crippen molar-refractivity contribution in [3.8, 4) is 11.4 Å². The van der Waals surface area contributed by atoms with E-state index >= 15 is 0 Å². The SMILES string of the molecule is CC(Sc1nnc(-c2ccncc2)n1Cc1ccccc1)C(=O)NCCc1ccccc1. The van der Waals surface area contributed by atoms with Crippen LogP contribution in [0.3, 0.4) is 0 Å². The highest BCUT2D eigenvalue weighted by molar-refractivity contribution is 8.00. The highest BCUT2D eigenvalue weighted by Crippen LogP contribution is 2.27. The van der Waals surface area contributed by atoms with Gasteiger partial charge in [-0.3, -0.25) is 14.3 Å². The van der Waals surface area contributed by atoms with Gasteiger partial charge in [0, 0.05) is 24.5 Å². The van der Waals surface area contributed by atoms with E-state index in [-0.39, 0.29) is 11.2 Å². The fourth-order valence-corrected chi connectivity index (χ4v) is 4.20. The van der Waals surface area contributed by atoms with Crippen LogP contribution in [0, 0.1) is 0 Å². The number of hydrogen-bond donors (Lipinski definition) is 1. The van der Waals surface area contributed by atoms with E-state index in [9.17, 15) is 4.79 Å². The Hall–Kier alpha value is -3.45. The largest absolute Gasteiger partial charge is 0.355 e. The van der Waals surface area contributed by atoms with Crippen molar-refractivity contribution in [3.63, 3.8) is 0 Å². The number of carbonyl (C=O) groups excluding carboxylic acids is 1. The summed E-state index contributed by atoms with van der Waals surface area (Å²) in [5.41, 5.74) is 3.29. The molecule has 0 fully saturated rings. The molecule has 4 rings (SSSR count). The van der Waals surface area contributed by atoms with E-state index in [2.05, 4.69) is 49.3 Å². The molecule has 162 valence electrons. The Morgan fingerprint density at radius 2 is 1.59 bits per heavy atom. The zero-order valence-electron chi connectivity index (χ0n) is 17.9. The molecule has 4 aromatic rings. The van der Waals surface area contributed by atoms with Crippen LogP contribution in [-0.4, -0.2) is 37.5 Å². The fraction of sp³-hybridized carbons (Fsp3) is 0.200. The Balaban J connectivity index is 1.47. The Morgan fingerprint density at radius 1 is 0.938 bits per heavy atom. The minimum Gasteiger partial charge on any atom is -0.355 e. The highest BCUT2D eigenvalue weighted by atomic mass is 32.2. The molecule has 6 nitrogen and oxygen atoms in total. The molecule has 7 heteroatoms. The van der Waals surface area contributed by atoms with Crippen LogP contribution in [0.5, 0.6) is 0 Å². The molecule has 0 aliphatic carbocycles. The van der Waals surface area contributed by atoms with Gasteiger partial charge in [-0.05, 0) is 36.6 Å². The fourth-order valence-electron chi connectivity index (χ4n) is 3.33. The topological polar surface area (TPSA) is 72.7 Å². The molecule has 0 saturated carbocycles. The second kappa shape index (κ2) is 10.7. The Morgan fingerprint density at radius 3 is 2.28 bits per heavy atom. The third-order valence-electron chi connectivity index (χ3n) is 5.05. The van der Waals surface area contributed by atoms with Crippen LogP contribution in [0.4, 0.5) is 0 Å². The first-order valence-corrected chi connectivity index (χ1v) is 11.4. The number of aromatic nitrogens is 4. The number of benzene rings is 2. The molecule has 1 amide bonds. The van der Waals surface area contributed by atoms with Crippen molar-refractivity contribution in [2.45, 2.75) is 30.3 Å². The normalized spacial score (nSPS) is 11.8. The van der Waals surface area contributed by atoms with Gasteiger partial charge >= 0.3 is 0 Å². The van der Waals surface area contributed by atoms with Crippen LogP contribution in [0.25, 0.3) is 11.4 Å². The van der Waals surface area contributed by atoms with Crippen molar-refractivity contribution < 1.29 is 4.79 Å². The Kier molecular flexibility index (Phi) is 7.30. The van der Waals surface area contributed by atoms with Gasteiger partial charge in [0.15, 0.2) is 11.0 Å². The van der Waals surface area contributed by atoms with E-state index in [1.165, 1.54) is 17.3 Å². The molecule has 1 N–H and O–H groups in total. The average Bonchev–Trinajstić information content (AvgIpc) is 3.22. The van der Waals surface area contributed by atoms with E-state index < -0.39 is 0 Å². The number of amides is 1. The second-order valence-electron chi connectivity index (χ2n) is 7.40. The third kappa shape index (κ3) is 5.62. The molecule has 2 heterocycles. The van der Waals surface area contributed by atoms with E-state index in [0.717, 1.165) is 23.4 Å². The van der Waals surface area contributed by atoms with Crippen LogP contribution < -0.4 is 5.32 Å². The Bertz CT molecular complexity index is 1130. The van der Waals surface area contributed by atoms with Crippen molar-refractivity contribution in [2.75, 3.05) is 6.54 Å². The van der Waals surface area contributed by atoms with Crippen molar-refractivity contribution in [2.24, 2.45) is 0 Å². The van der Waals surface area contributed by atoms with Crippen molar-refractivity contribution in [1.82, 2.24) is 25.1 Å². The van der Waals surface area contributed by atoms with E-state index in [1.807, 2.05) is 55.5 Å². The molecule has 0 aliphatic rings. The predicted octanol–water partition coefficient (Wildman–Crippen LogP) is 4.23. The summed E-state index contributed by atoms with van der Waals surface area (Å²) in [5, 5.41) is 12.3. The lowest BCUT2D eigenvalue weighted by Gasteiger charge is -2.14. The first-order valence-electron chi connectivity index (χ1n) is 10.6. The molecule has 32 heavy (non-hydrogen) atoms. The first-order chi connectivity index (χ1) is 15.7. The quantitative estimate of drug-likeness (QED) is 0.392. The molecule has 0 bridgehead atoms. The molecule has 2 aromatic heterocycles. The predicted molar refractivity (Wildman–Crippen MR) is 127 cm³/mol. The van der Waals surface area contributed by atoms with Gasteiger partial charge in [0.25, 0.3) is 0 Å². The van der Waals surface area contributed by atoms with Crippen LogP contribution in [0.15, 0.2) is 90.3 Å². The van der Waals surface area contributed by atoms with Gasteiger partial charge in [-0.15, -0.1) is 10.2 Å². The molecule has 1 unspecified atom stereocenters. The molecule has 0 aliphatic heterocycles. The zero-order valence-corrected chi connectivity index (χ0v) is 18.7. The van der Waals surface area contributed by atoms with Gasteiger partial charge < -0.3 is 5.32 Å². The number of pyridine rings is 1. The van der Waals surface area contributed by atoms with E-state index in [0.29, 0.717) is 18.2 Å². The summed E-state index contributed by atoms with van der Waals surface area (Å²) in [5.74, 6) is 0.751.